The van der Waals surface area contributed by atoms with Crippen LogP contribution in [0.3, 0.4) is 0 Å². The molecule has 1 fully saturated rings. The molecular formula is C14H13N3O3. The summed E-state index contributed by atoms with van der Waals surface area (Å²) >= 11 is 0. The van der Waals surface area contributed by atoms with E-state index in [-0.39, 0.29) is 18.6 Å². The van der Waals surface area contributed by atoms with Gasteiger partial charge in [0.05, 0.1) is 5.92 Å². The molecule has 0 bridgehead atoms. The molecule has 2 rings (SSSR count). The quantitative estimate of drug-likeness (QED) is 0.394. The highest BCUT2D eigenvalue weighted by molar-refractivity contribution is 6.01. The summed E-state index contributed by atoms with van der Waals surface area (Å²) in [6.45, 7) is 0. The molecule has 20 heavy (non-hydrogen) atoms. The highest BCUT2D eigenvalue weighted by atomic mass is 16.4. The molecule has 1 saturated carbocycles. The van der Waals surface area contributed by atoms with Gasteiger partial charge in [0.15, 0.2) is 5.78 Å². The topological polar surface area (TPSA) is 103 Å². The number of carbonyl (C=O) groups excluding carboxylic acids is 1. The van der Waals surface area contributed by atoms with Crippen molar-refractivity contribution in [1.82, 2.24) is 0 Å². The molecule has 0 spiro atoms. The lowest BCUT2D eigenvalue weighted by Crippen LogP contribution is -2.23. The maximum absolute atomic E-state index is 11.8. The number of carboxylic acid groups (broad SMARTS) is 1. The van der Waals surface area contributed by atoms with Crippen molar-refractivity contribution in [2.75, 3.05) is 0 Å². The Kier molecular flexibility index (Phi) is 4.17. The largest absolute Gasteiger partial charge is 0.481 e. The Balaban J connectivity index is 2.21. The fourth-order valence-corrected chi connectivity index (χ4v) is 2.19. The summed E-state index contributed by atoms with van der Waals surface area (Å²) in [5, 5.41) is 12.5. The van der Waals surface area contributed by atoms with Crippen molar-refractivity contribution < 1.29 is 14.7 Å². The van der Waals surface area contributed by atoms with Crippen LogP contribution in [0.15, 0.2) is 35.0 Å². The van der Waals surface area contributed by atoms with E-state index >= 15 is 0 Å². The second-order valence-electron chi connectivity index (χ2n) is 4.65. The van der Waals surface area contributed by atoms with Crippen molar-refractivity contribution >= 4 is 23.5 Å². The smallest absolute Gasteiger partial charge is 0.306 e. The van der Waals surface area contributed by atoms with Gasteiger partial charge in [0.2, 0.25) is 0 Å². The van der Waals surface area contributed by atoms with Crippen LogP contribution in [0.2, 0.25) is 0 Å². The van der Waals surface area contributed by atoms with Crippen molar-refractivity contribution in [2.24, 2.45) is 11.0 Å². The maximum atomic E-state index is 11.8. The second kappa shape index (κ2) is 6.04. The van der Waals surface area contributed by atoms with Gasteiger partial charge in [-0.05, 0) is 35.6 Å². The number of aliphatic carboxylic acids is 1. The van der Waals surface area contributed by atoms with Crippen LogP contribution in [0.25, 0.3) is 16.5 Å². The number of hydrogen-bond donors (Lipinski definition) is 1. The van der Waals surface area contributed by atoms with Crippen LogP contribution >= 0.6 is 0 Å². The summed E-state index contributed by atoms with van der Waals surface area (Å²) in [7, 11) is 0. The lowest BCUT2D eigenvalue weighted by Gasteiger charge is -2.19. The predicted octanol–water partition coefficient (Wildman–Crippen LogP) is 3.47. The fourth-order valence-electron chi connectivity index (χ4n) is 2.19. The monoisotopic (exact) mass is 271 g/mol. The van der Waals surface area contributed by atoms with Gasteiger partial charge in [-0.3, -0.25) is 9.59 Å². The first-order valence-corrected chi connectivity index (χ1v) is 6.22. The molecule has 0 aliphatic heterocycles. The molecular weight excluding hydrogens is 258 g/mol. The molecule has 1 N–H and O–H groups in total. The Morgan fingerprint density at radius 3 is 2.70 bits per heavy atom. The molecule has 0 aromatic heterocycles. The first-order valence-electron chi connectivity index (χ1n) is 6.22. The van der Waals surface area contributed by atoms with E-state index in [2.05, 4.69) is 10.0 Å². The second-order valence-corrected chi connectivity index (χ2v) is 4.65. The van der Waals surface area contributed by atoms with Gasteiger partial charge in [0.1, 0.15) is 0 Å². The van der Waals surface area contributed by atoms with E-state index in [1.165, 1.54) is 0 Å². The molecule has 0 saturated heterocycles. The molecule has 1 unspecified atom stereocenters. The third kappa shape index (κ3) is 3.24. The van der Waals surface area contributed by atoms with Crippen LogP contribution in [0.5, 0.6) is 0 Å². The number of azide groups is 1. The number of carbonyl (C=O) groups is 2. The number of ketones is 1. The molecule has 6 heteroatoms. The number of hydrogen-bond acceptors (Lipinski definition) is 3. The number of rotatable bonds is 3. The third-order valence-corrected chi connectivity index (χ3v) is 3.29. The molecule has 6 nitrogen and oxygen atoms in total. The van der Waals surface area contributed by atoms with Gasteiger partial charge in [0.25, 0.3) is 0 Å². The molecule has 1 aliphatic rings. The van der Waals surface area contributed by atoms with Crippen molar-refractivity contribution in [1.29, 1.82) is 0 Å². The van der Waals surface area contributed by atoms with Crippen molar-refractivity contribution in [3.05, 3.63) is 45.8 Å². The van der Waals surface area contributed by atoms with Crippen molar-refractivity contribution in [3.8, 4) is 0 Å². The summed E-state index contributed by atoms with van der Waals surface area (Å²) in [4.78, 5) is 25.5. The van der Waals surface area contributed by atoms with Gasteiger partial charge in [0, 0.05) is 17.0 Å². The molecule has 0 amide bonds. The van der Waals surface area contributed by atoms with Crippen molar-refractivity contribution in [2.45, 2.75) is 19.3 Å². The average Bonchev–Trinajstić information content (AvgIpc) is 2.43. The summed E-state index contributed by atoms with van der Waals surface area (Å²) in [6.07, 6.45) is 2.66. The van der Waals surface area contributed by atoms with Gasteiger partial charge in [-0.1, -0.05) is 29.4 Å². The summed E-state index contributed by atoms with van der Waals surface area (Å²) in [5.74, 6) is -1.34. The van der Waals surface area contributed by atoms with E-state index < -0.39 is 11.9 Å². The van der Waals surface area contributed by atoms with Gasteiger partial charge < -0.3 is 5.11 Å². The van der Waals surface area contributed by atoms with Gasteiger partial charge in [-0.2, -0.15) is 0 Å². The van der Waals surface area contributed by atoms with Crippen LogP contribution in [-0.4, -0.2) is 16.9 Å². The number of Topliss-reactive ketones (excluding diaryl/α,β-unsaturated/α-hetero) is 1. The highest BCUT2D eigenvalue weighted by Gasteiger charge is 2.27. The number of benzene rings is 1. The van der Waals surface area contributed by atoms with E-state index in [4.69, 9.17) is 10.6 Å². The van der Waals surface area contributed by atoms with E-state index in [0.29, 0.717) is 17.7 Å². The van der Waals surface area contributed by atoms with E-state index in [1.807, 2.05) is 0 Å². The van der Waals surface area contributed by atoms with Gasteiger partial charge >= 0.3 is 5.97 Å². The molecule has 0 radical (unpaired) electrons. The molecule has 1 aromatic carbocycles. The van der Waals surface area contributed by atoms with Crippen LogP contribution in [0, 0.1) is 5.92 Å². The van der Waals surface area contributed by atoms with E-state index in [9.17, 15) is 9.59 Å². The number of carboxylic acids is 1. The Bertz CT molecular complexity index is 613. The fraction of sp³-hybridized carbons (Fsp3) is 0.286. The normalized spacial score (nSPS) is 20.5. The minimum atomic E-state index is -0.859. The van der Waals surface area contributed by atoms with Gasteiger partial charge in [-0.25, -0.2) is 0 Å². The van der Waals surface area contributed by atoms with E-state index in [1.54, 1.807) is 30.3 Å². The zero-order valence-electron chi connectivity index (χ0n) is 10.7. The molecule has 1 aromatic rings. The average molecular weight is 271 g/mol. The standard InChI is InChI=1S/C14H13N3O3/c15-17-16-12-4-1-9(2-5-12)7-11-8-10(14(19)20)3-6-13(11)18/h1-2,4-5,7,10H,3,6,8H2,(H,19,20). The lowest BCUT2D eigenvalue weighted by atomic mass is 9.84. The Morgan fingerprint density at radius 1 is 1.40 bits per heavy atom. The molecule has 1 atom stereocenters. The molecule has 1 aliphatic carbocycles. The van der Waals surface area contributed by atoms with Crippen LogP contribution < -0.4 is 0 Å². The zero-order chi connectivity index (χ0) is 14.5. The Labute approximate surface area is 115 Å². The maximum Gasteiger partial charge on any atom is 0.306 e. The minimum absolute atomic E-state index is 0.00150. The summed E-state index contributed by atoms with van der Waals surface area (Å²) in [5.41, 5.74) is 10.1. The molecule has 0 heterocycles. The lowest BCUT2D eigenvalue weighted by molar-refractivity contribution is -0.142. The number of allylic oxidation sites excluding steroid dienone is 1. The highest BCUT2D eigenvalue weighted by Crippen LogP contribution is 2.28. The Morgan fingerprint density at radius 2 is 2.10 bits per heavy atom. The first kappa shape index (κ1) is 13.8. The predicted molar refractivity (Wildman–Crippen MR) is 73.2 cm³/mol. The van der Waals surface area contributed by atoms with E-state index in [0.717, 1.165) is 5.56 Å². The molecule has 102 valence electrons. The summed E-state index contributed by atoms with van der Waals surface area (Å²) < 4.78 is 0. The minimum Gasteiger partial charge on any atom is -0.481 e. The van der Waals surface area contributed by atoms with Crippen LogP contribution in [0.4, 0.5) is 5.69 Å². The van der Waals surface area contributed by atoms with Crippen molar-refractivity contribution in [3.63, 3.8) is 0 Å². The third-order valence-electron chi connectivity index (χ3n) is 3.29. The van der Waals surface area contributed by atoms with Crippen LogP contribution in [-0.2, 0) is 9.59 Å². The van der Waals surface area contributed by atoms with Crippen LogP contribution in [0.1, 0.15) is 24.8 Å². The number of nitrogens with zero attached hydrogens (tertiary/aromatic N) is 3. The zero-order valence-corrected chi connectivity index (χ0v) is 10.7. The SMILES string of the molecule is [N-]=[N+]=Nc1ccc(C=C2CC(C(=O)O)CCC2=O)cc1. The van der Waals surface area contributed by atoms with Gasteiger partial charge in [-0.15, -0.1) is 0 Å². The first-order chi connectivity index (χ1) is 9.60. The Hall–Kier alpha value is -2.59. The summed E-state index contributed by atoms with van der Waals surface area (Å²) in [6, 6.07) is 6.76.